The Morgan fingerprint density at radius 1 is 1.42 bits per heavy atom. The van der Waals surface area contributed by atoms with Crippen molar-refractivity contribution in [3.05, 3.63) is 61.8 Å². The van der Waals surface area contributed by atoms with E-state index in [1.165, 1.54) is 5.56 Å². The van der Waals surface area contributed by atoms with Crippen LogP contribution in [-0.4, -0.2) is 71.3 Å². The number of halogens is 1. The fourth-order valence-electron chi connectivity index (χ4n) is 4.93. The van der Waals surface area contributed by atoms with Gasteiger partial charge in [-0.25, -0.2) is 11.6 Å². The highest BCUT2D eigenvalue weighted by Gasteiger charge is 2.29. The molecule has 1 aliphatic heterocycles. The van der Waals surface area contributed by atoms with E-state index in [4.69, 9.17) is 18.2 Å². The average molecular weight is 529 g/mol. The molecular weight excluding hydrogens is 492 g/mol. The van der Waals surface area contributed by atoms with E-state index in [0.717, 1.165) is 50.3 Å². The minimum Gasteiger partial charge on any atom is -0.352 e. The van der Waals surface area contributed by atoms with Crippen molar-refractivity contribution in [2.24, 2.45) is 4.99 Å². The van der Waals surface area contributed by atoms with Crippen LogP contribution in [0.4, 0.5) is 0 Å². The van der Waals surface area contributed by atoms with Crippen molar-refractivity contribution >= 4 is 34.7 Å². The first kappa shape index (κ1) is 28.1. The lowest BCUT2D eigenvalue weighted by molar-refractivity contribution is 0.0934. The van der Waals surface area contributed by atoms with Gasteiger partial charge in [0.25, 0.3) is 12.5 Å². The number of amidine groups is 1. The van der Waals surface area contributed by atoms with Gasteiger partial charge in [-0.2, -0.15) is 11.3 Å². The standard InChI is InChI=1S/C27H37ClN6OS/c1-6-30-25(16-29-5)34(17-22-10-14-36-18-22)23-8-12-33(13-9-23)20(3)7-11-31-27(35)26-19(2)15-24(28)32-21(26)4/h10,14-15,18,20,23H,6-9,11-13,16-17H2,1-4H3,(H,31,35)/t20-/m1/s1. The molecule has 3 heterocycles. The Kier molecular flexibility index (Phi) is 10.7. The Morgan fingerprint density at radius 3 is 2.78 bits per heavy atom. The van der Waals surface area contributed by atoms with Gasteiger partial charge in [-0.3, -0.25) is 9.79 Å². The van der Waals surface area contributed by atoms with Crippen molar-refractivity contribution in [3.63, 3.8) is 0 Å². The monoisotopic (exact) mass is 528 g/mol. The SMILES string of the molecule is [C-]#[N+]CC(=NCC)N(Cc1ccsc1)C1CCN([C@H](C)CCNC(=O)c2c(C)cc(Cl)nc2C)CC1. The lowest BCUT2D eigenvalue weighted by Gasteiger charge is -2.41. The fraction of sp³-hybridized carbons (Fsp3) is 0.556. The molecule has 2 aromatic heterocycles. The maximum Gasteiger partial charge on any atom is 0.270 e. The van der Waals surface area contributed by atoms with Gasteiger partial charge in [0.05, 0.1) is 11.3 Å². The summed E-state index contributed by atoms with van der Waals surface area (Å²) in [6.07, 6.45) is 2.96. The topological polar surface area (TPSA) is 65.2 Å². The number of amides is 1. The number of likely N-dealkylation sites (tertiary alicyclic amines) is 1. The molecule has 0 aromatic carbocycles. The van der Waals surface area contributed by atoms with Gasteiger partial charge in [0.1, 0.15) is 5.15 Å². The smallest absolute Gasteiger partial charge is 0.270 e. The number of nitrogens with one attached hydrogen (secondary N) is 1. The first-order valence-electron chi connectivity index (χ1n) is 12.6. The molecule has 2 aromatic rings. The van der Waals surface area contributed by atoms with E-state index in [0.29, 0.717) is 48.1 Å². The van der Waals surface area contributed by atoms with Crippen LogP contribution < -0.4 is 5.32 Å². The summed E-state index contributed by atoms with van der Waals surface area (Å²) >= 11 is 7.71. The highest BCUT2D eigenvalue weighted by Crippen LogP contribution is 2.23. The van der Waals surface area contributed by atoms with Gasteiger partial charge >= 0.3 is 0 Å². The number of nitrogens with zero attached hydrogens (tertiary/aromatic N) is 5. The highest BCUT2D eigenvalue weighted by molar-refractivity contribution is 7.07. The molecule has 1 atom stereocenters. The van der Waals surface area contributed by atoms with Crippen LogP contribution in [0.2, 0.25) is 5.15 Å². The van der Waals surface area contributed by atoms with E-state index in [1.807, 2.05) is 20.8 Å². The Labute approximate surface area is 224 Å². The molecule has 1 amide bonds. The Hall–Kier alpha value is -2.47. The number of aromatic nitrogens is 1. The molecule has 1 N–H and O–H groups in total. The van der Waals surface area contributed by atoms with E-state index in [2.05, 4.69) is 53.7 Å². The lowest BCUT2D eigenvalue weighted by Crippen LogP contribution is -2.50. The number of thiophene rings is 1. The van der Waals surface area contributed by atoms with Gasteiger partial charge in [0.15, 0.2) is 5.84 Å². The highest BCUT2D eigenvalue weighted by atomic mass is 35.5. The van der Waals surface area contributed by atoms with Crippen molar-refractivity contribution in [2.45, 2.75) is 65.6 Å². The third kappa shape index (κ3) is 7.52. The van der Waals surface area contributed by atoms with Gasteiger partial charge in [0, 0.05) is 44.8 Å². The Bertz CT molecular complexity index is 1050. The summed E-state index contributed by atoms with van der Waals surface area (Å²) in [4.78, 5) is 30.2. The third-order valence-electron chi connectivity index (χ3n) is 6.83. The Balaban J connectivity index is 1.53. The van der Waals surface area contributed by atoms with Gasteiger partial charge in [0.2, 0.25) is 0 Å². The molecule has 0 saturated carbocycles. The maximum absolute atomic E-state index is 12.7. The molecule has 7 nitrogen and oxygen atoms in total. The average Bonchev–Trinajstić information content (AvgIpc) is 3.35. The number of rotatable bonds is 10. The largest absolute Gasteiger partial charge is 0.352 e. The number of hydrogen-bond donors (Lipinski definition) is 1. The molecule has 9 heteroatoms. The maximum atomic E-state index is 12.7. The second-order valence-electron chi connectivity index (χ2n) is 9.35. The number of carbonyl (C=O) groups is 1. The quantitative estimate of drug-likeness (QED) is 0.198. The zero-order valence-electron chi connectivity index (χ0n) is 21.8. The minimum atomic E-state index is -0.0910. The first-order chi connectivity index (χ1) is 17.3. The summed E-state index contributed by atoms with van der Waals surface area (Å²) in [5, 5.41) is 7.77. The molecule has 1 saturated heterocycles. The summed E-state index contributed by atoms with van der Waals surface area (Å²) in [6, 6.07) is 4.64. The van der Waals surface area contributed by atoms with Crippen molar-refractivity contribution in [1.82, 2.24) is 20.1 Å². The number of piperidine rings is 1. The number of hydrogen-bond acceptors (Lipinski definition) is 5. The van der Waals surface area contributed by atoms with E-state index < -0.39 is 0 Å². The van der Waals surface area contributed by atoms with Crippen LogP contribution in [0, 0.1) is 20.4 Å². The molecule has 0 bridgehead atoms. The number of aryl methyl sites for hydroxylation is 2. The van der Waals surface area contributed by atoms with Gasteiger partial charge in [-0.05, 0) is 81.0 Å². The zero-order valence-corrected chi connectivity index (χ0v) is 23.3. The zero-order chi connectivity index (χ0) is 26.1. The van der Waals surface area contributed by atoms with Gasteiger partial charge in [-0.15, -0.1) is 0 Å². The molecular formula is C27H37ClN6OS. The van der Waals surface area contributed by atoms with Crippen LogP contribution in [-0.2, 0) is 6.54 Å². The van der Waals surface area contributed by atoms with E-state index in [-0.39, 0.29) is 5.91 Å². The summed E-state index contributed by atoms with van der Waals surface area (Å²) in [7, 11) is 0. The van der Waals surface area contributed by atoms with Crippen LogP contribution in [0.25, 0.3) is 4.85 Å². The van der Waals surface area contributed by atoms with Crippen LogP contribution >= 0.6 is 22.9 Å². The molecule has 0 radical (unpaired) electrons. The normalized spacial score (nSPS) is 15.9. The summed E-state index contributed by atoms with van der Waals surface area (Å²) in [5.74, 6) is 0.821. The molecule has 0 spiro atoms. The molecule has 36 heavy (non-hydrogen) atoms. The Morgan fingerprint density at radius 2 is 2.17 bits per heavy atom. The second-order valence-corrected chi connectivity index (χ2v) is 10.5. The predicted octanol–water partition coefficient (Wildman–Crippen LogP) is 5.23. The summed E-state index contributed by atoms with van der Waals surface area (Å²) < 4.78 is 0. The van der Waals surface area contributed by atoms with Gasteiger partial charge < -0.3 is 20.0 Å². The van der Waals surface area contributed by atoms with Crippen LogP contribution in [0.15, 0.2) is 27.9 Å². The lowest BCUT2D eigenvalue weighted by atomic mass is 10.00. The van der Waals surface area contributed by atoms with Crippen molar-refractivity contribution < 1.29 is 4.79 Å². The molecule has 0 unspecified atom stereocenters. The minimum absolute atomic E-state index is 0.0910. The van der Waals surface area contributed by atoms with Crippen molar-refractivity contribution in [2.75, 3.05) is 32.7 Å². The summed E-state index contributed by atoms with van der Waals surface area (Å²) in [5.41, 5.74) is 3.39. The van der Waals surface area contributed by atoms with Crippen LogP contribution in [0.5, 0.6) is 0 Å². The number of pyridine rings is 1. The molecule has 0 aliphatic carbocycles. The number of aliphatic imine (C=N–C) groups is 1. The molecule has 1 fully saturated rings. The van der Waals surface area contributed by atoms with Crippen molar-refractivity contribution in [3.8, 4) is 0 Å². The summed E-state index contributed by atoms with van der Waals surface area (Å²) in [6.45, 7) is 19.8. The molecule has 3 rings (SSSR count). The van der Waals surface area contributed by atoms with Crippen LogP contribution in [0.3, 0.4) is 0 Å². The number of carbonyl (C=O) groups excluding carboxylic acids is 1. The van der Waals surface area contributed by atoms with Crippen molar-refractivity contribution in [1.29, 1.82) is 0 Å². The molecule has 194 valence electrons. The predicted molar refractivity (Wildman–Crippen MR) is 149 cm³/mol. The second kappa shape index (κ2) is 13.7. The molecule has 1 aliphatic rings. The van der Waals surface area contributed by atoms with E-state index in [1.54, 1.807) is 17.4 Å². The van der Waals surface area contributed by atoms with Crippen LogP contribution in [0.1, 0.15) is 60.3 Å². The first-order valence-corrected chi connectivity index (χ1v) is 14.0. The van der Waals surface area contributed by atoms with Gasteiger partial charge in [-0.1, -0.05) is 11.6 Å². The fourth-order valence-corrected chi connectivity index (χ4v) is 5.88. The third-order valence-corrected chi connectivity index (χ3v) is 7.76. The van der Waals surface area contributed by atoms with E-state index >= 15 is 0 Å². The van der Waals surface area contributed by atoms with E-state index in [9.17, 15) is 4.79 Å².